The van der Waals surface area contributed by atoms with Crippen LogP contribution >= 0.6 is 11.6 Å². The van der Waals surface area contributed by atoms with E-state index in [4.69, 9.17) is 16.3 Å². The van der Waals surface area contributed by atoms with Crippen LogP contribution in [0.3, 0.4) is 0 Å². The molecule has 0 saturated heterocycles. The van der Waals surface area contributed by atoms with Gasteiger partial charge in [-0.25, -0.2) is 4.79 Å². The van der Waals surface area contributed by atoms with Crippen molar-refractivity contribution < 1.29 is 14.3 Å². The molecule has 3 rings (SSSR count). The van der Waals surface area contributed by atoms with Gasteiger partial charge in [0.1, 0.15) is 6.04 Å². The van der Waals surface area contributed by atoms with Crippen molar-refractivity contribution in [1.82, 2.24) is 10.6 Å². The van der Waals surface area contributed by atoms with Crippen LogP contribution in [0.15, 0.2) is 48.5 Å². The highest BCUT2D eigenvalue weighted by Crippen LogP contribution is 2.33. The first kappa shape index (κ1) is 19.4. The van der Waals surface area contributed by atoms with Crippen LogP contribution in [-0.2, 0) is 32.8 Å². The molecule has 1 aliphatic heterocycles. The number of hydrogen-bond donors (Lipinski definition) is 2. The maximum absolute atomic E-state index is 12.7. The smallest absolute Gasteiger partial charge is 0.328 e. The lowest BCUT2D eigenvalue weighted by Gasteiger charge is -2.26. The van der Waals surface area contributed by atoms with Crippen LogP contribution in [0.4, 0.5) is 0 Å². The number of esters is 1. The van der Waals surface area contributed by atoms with Gasteiger partial charge in [0.05, 0.1) is 7.11 Å². The molecule has 1 heterocycles. The third kappa shape index (κ3) is 4.49. The molecular weight excluding hydrogens is 364 g/mol. The average molecular weight is 387 g/mol. The Morgan fingerprint density at radius 1 is 1.22 bits per heavy atom. The number of amides is 1. The minimum atomic E-state index is -0.746. The minimum absolute atomic E-state index is 0.203. The predicted octanol–water partition coefficient (Wildman–Crippen LogP) is 2.95. The monoisotopic (exact) mass is 386 g/mol. The maximum Gasteiger partial charge on any atom is 0.328 e. The molecule has 1 amide bonds. The summed E-state index contributed by atoms with van der Waals surface area (Å²) in [6.45, 7) is 2.73. The van der Waals surface area contributed by atoms with Gasteiger partial charge in [0, 0.05) is 29.9 Å². The van der Waals surface area contributed by atoms with Crippen LogP contribution in [0.25, 0.3) is 0 Å². The molecule has 1 unspecified atom stereocenters. The molecule has 142 valence electrons. The van der Waals surface area contributed by atoms with Crippen molar-refractivity contribution in [2.75, 3.05) is 7.11 Å². The number of benzene rings is 2. The number of fused-ring (bicyclic) bond motifs is 1. The lowest BCUT2D eigenvalue weighted by atomic mass is 9.89. The van der Waals surface area contributed by atoms with E-state index in [1.54, 1.807) is 12.1 Å². The van der Waals surface area contributed by atoms with Crippen molar-refractivity contribution in [3.05, 3.63) is 70.2 Å². The molecule has 0 radical (unpaired) electrons. The fourth-order valence-electron chi connectivity index (χ4n) is 3.51. The summed E-state index contributed by atoms with van der Waals surface area (Å²) in [4.78, 5) is 24.9. The van der Waals surface area contributed by atoms with Crippen LogP contribution in [0, 0.1) is 0 Å². The number of methoxy groups -OCH3 is 1. The van der Waals surface area contributed by atoms with E-state index in [0.29, 0.717) is 11.4 Å². The number of carbonyl (C=O) groups excluding carboxylic acids is 2. The summed E-state index contributed by atoms with van der Waals surface area (Å²) in [5.74, 6) is -0.672. The number of ether oxygens (including phenoxy) is 1. The van der Waals surface area contributed by atoms with Crippen LogP contribution in [-0.4, -0.2) is 25.0 Å². The van der Waals surface area contributed by atoms with Gasteiger partial charge in [0.25, 0.3) is 0 Å². The second-order valence-corrected chi connectivity index (χ2v) is 7.43. The molecule has 2 aromatic carbocycles. The van der Waals surface area contributed by atoms with Gasteiger partial charge in [0.15, 0.2) is 0 Å². The Labute approximate surface area is 164 Å². The Balaban J connectivity index is 1.69. The minimum Gasteiger partial charge on any atom is -0.467 e. The summed E-state index contributed by atoms with van der Waals surface area (Å²) in [7, 11) is 1.32. The molecule has 0 saturated carbocycles. The molecule has 1 aliphatic rings. The highest BCUT2D eigenvalue weighted by Gasteiger charge is 2.36. The Hall–Kier alpha value is -2.37. The summed E-state index contributed by atoms with van der Waals surface area (Å²) in [5.41, 5.74) is 2.75. The maximum atomic E-state index is 12.7. The quantitative estimate of drug-likeness (QED) is 0.749. The van der Waals surface area contributed by atoms with Crippen molar-refractivity contribution in [3.63, 3.8) is 0 Å². The molecule has 2 N–H and O–H groups in total. The molecule has 27 heavy (non-hydrogen) atoms. The molecule has 0 aliphatic carbocycles. The van der Waals surface area contributed by atoms with Crippen LogP contribution in [0.1, 0.15) is 30.0 Å². The average Bonchev–Trinajstić information content (AvgIpc) is 2.99. The molecule has 6 heteroatoms. The van der Waals surface area contributed by atoms with Gasteiger partial charge in [-0.1, -0.05) is 48.0 Å². The molecule has 0 bridgehead atoms. The first-order chi connectivity index (χ1) is 12.9. The number of carbonyl (C=O) groups is 2. The number of rotatable bonds is 6. The largest absolute Gasteiger partial charge is 0.467 e. The van der Waals surface area contributed by atoms with E-state index in [2.05, 4.69) is 16.7 Å². The Morgan fingerprint density at radius 3 is 2.63 bits per heavy atom. The summed E-state index contributed by atoms with van der Waals surface area (Å²) >= 11 is 5.91. The zero-order valence-corrected chi connectivity index (χ0v) is 16.2. The van der Waals surface area contributed by atoms with E-state index >= 15 is 0 Å². The van der Waals surface area contributed by atoms with E-state index in [0.717, 1.165) is 17.7 Å². The lowest BCUT2D eigenvalue weighted by Crippen LogP contribution is -2.46. The van der Waals surface area contributed by atoms with Gasteiger partial charge in [-0.3, -0.25) is 4.79 Å². The van der Waals surface area contributed by atoms with Gasteiger partial charge in [0.2, 0.25) is 5.91 Å². The van der Waals surface area contributed by atoms with E-state index in [1.165, 1.54) is 12.7 Å². The zero-order chi connectivity index (χ0) is 19.4. The fourth-order valence-corrected chi connectivity index (χ4v) is 3.64. The van der Waals surface area contributed by atoms with E-state index in [1.807, 2.05) is 37.3 Å². The van der Waals surface area contributed by atoms with Crippen LogP contribution in [0.5, 0.6) is 0 Å². The highest BCUT2D eigenvalue weighted by atomic mass is 35.5. The van der Waals surface area contributed by atoms with E-state index in [9.17, 15) is 9.59 Å². The highest BCUT2D eigenvalue weighted by molar-refractivity contribution is 6.30. The predicted molar refractivity (Wildman–Crippen MR) is 104 cm³/mol. The summed E-state index contributed by atoms with van der Waals surface area (Å²) in [6.07, 6.45) is 0.578. The normalized spacial score (nSPS) is 19.2. The van der Waals surface area contributed by atoms with Crippen molar-refractivity contribution in [2.45, 2.75) is 37.9 Å². The van der Waals surface area contributed by atoms with Gasteiger partial charge >= 0.3 is 5.97 Å². The Kier molecular flexibility index (Phi) is 5.82. The molecular formula is C21H23ClN2O3. The van der Waals surface area contributed by atoms with Gasteiger partial charge < -0.3 is 15.4 Å². The molecule has 0 aromatic heterocycles. The van der Waals surface area contributed by atoms with E-state index < -0.39 is 17.6 Å². The van der Waals surface area contributed by atoms with Gasteiger partial charge in [-0.05, 0) is 35.7 Å². The van der Waals surface area contributed by atoms with Crippen LogP contribution in [0.2, 0.25) is 5.02 Å². The molecule has 0 spiro atoms. The SMILES string of the molecule is COC(=O)[C@@H](Cc1ccc(Cl)cc1)NC(=O)CC1(C)NCc2ccccc21. The summed E-state index contributed by atoms with van der Waals surface area (Å²) < 4.78 is 4.87. The number of nitrogens with one attached hydrogen (secondary N) is 2. The summed E-state index contributed by atoms with van der Waals surface area (Å²) in [5, 5.41) is 6.86. The third-order valence-corrected chi connectivity index (χ3v) is 5.22. The van der Waals surface area contributed by atoms with Crippen molar-refractivity contribution in [1.29, 1.82) is 0 Å². The number of halogens is 1. The Morgan fingerprint density at radius 2 is 1.93 bits per heavy atom. The van der Waals surface area contributed by atoms with Crippen molar-refractivity contribution in [2.24, 2.45) is 0 Å². The first-order valence-corrected chi connectivity index (χ1v) is 9.24. The third-order valence-electron chi connectivity index (χ3n) is 4.97. The molecule has 5 nitrogen and oxygen atoms in total. The topological polar surface area (TPSA) is 67.4 Å². The molecule has 0 fully saturated rings. The second kappa shape index (κ2) is 8.11. The molecule has 2 atom stereocenters. The van der Waals surface area contributed by atoms with Crippen molar-refractivity contribution >= 4 is 23.5 Å². The molecule has 2 aromatic rings. The van der Waals surface area contributed by atoms with E-state index in [-0.39, 0.29) is 12.3 Å². The zero-order valence-electron chi connectivity index (χ0n) is 15.4. The number of hydrogen-bond acceptors (Lipinski definition) is 4. The fraction of sp³-hybridized carbons (Fsp3) is 0.333. The van der Waals surface area contributed by atoms with Gasteiger partial charge in [-0.2, -0.15) is 0 Å². The lowest BCUT2D eigenvalue weighted by molar-refractivity contribution is -0.145. The van der Waals surface area contributed by atoms with Gasteiger partial charge in [-0.15, -0.1) is 0 Å². The first-order valence-electron chi connectivity index (χ1n) is 8.86. The second-order valence-electron chi connectivity index (χ2n) is 6.99. The Bertz CT molecular complexity index is 838. The van der Waals surface area contributed by atoms with Crippen molar-refractivity contribution in [3.8, 4) is 0 Å². The standard InChI is InChI=1S/C21H23ClN2O3/c1-21(17-6-4-3-5-15(17)13-23-21)12-19(25)24-18(20(26)27-2)11-14-7-9-16(22)10-8-14/h3-10,18,23H,11-13H2,1-2H3,(H,24,25)/t18-,21?/m1/s1. The summed E-state index contributed by atoms with van der Waals surface area (Å²) in [6, 6.07) is 14.5. The van der Waals surface area contributed by atoms with Crippen LogP contribution < -0.4 is 10.6 Å².